The van der Waals surface area contributed by atoms with Crippen LogP contribution in [0, 0.1) is 0 Å². The molecule has 0 bridgehead atoms. The first-order valence-corrected chi connectivity index (χ1v) is 23.3. The zero-order chi connectivity index (χ0) is 51.4. The first-order valence-electron chi connectivity index (χ1n) is 23.3. The molecule has 0 unspecified atom stereocenters. The van der Waals surface area contributed by atoms with Crippen LogP contribution >= 0.6 is 0 Å². The zero-order valence-electron chi connectivity index (χ0n) is 38.4. The van der Waals surface area contributed by atoms with Crippen molar-refractivity contribution in [3.8, 4) is 51.7 Å². The molecule has 14 atom stereocenters. The topological polar surface area (TPSA) is 318 Å². The summed E-state index contributed by atoms with van der Waals surface area (Å²) in [6, 6.07) is 29.5. The predicted octanol–water partition coefficient (Wildman–Crippen LogP) is 3.62. The number of fused-ring (bicyclic) bond motifs is 2. The molecule has 382 valence electrons. The Labute approximate surface area is 416 Å². The van der Waals surface area contributed by atoms with Crippen LogP contribution in [-0.4, -0.2) is 141 Å². The second-order valence-electron chi connectivity index (χ2n) is 18.5. The van der Waals surface area contributed by atoms with Crippen molar-refractivity contribution in [2.24, 2.45) is 0 Å². The van der Waals surface area contributed by atoms with Gasteiger partial charge in [0.1, 0.15) is 113 Å². The number of rotatable bonds is 12. The Morgan fingerprint density at radius 1 is 0.452 bits per heavy atom. The molecule has 19 heteroatoms. The number of aliphatic hydroxyl groups excluding tert-OH is 7. The van der Waals surface area contributed by atoms with Gasteiger partial charge in [-0.25, -0.2) is 0 Å². The summed E-state index contributed by atoms with van der Waals surface area (Å²) in [4.78, 5) is 0. The van der Waals surface area contributed by atoms with Gasteiger partial charge in [0.05, 0.1) is 25.0 Å². The second kappa shape index (κ2) is 20.0. The van der Waals surface area contributed by atoms with Gasteiger partial charge in [-0.2, -0.15) is 0 Å². The molecule has 2 saturated heterocycles. The zero-order valence-corrected chi connectivity index (χ0v) is 38.4. The summed E-state index contributed by atoms with van der Waals surface area (Å²) in [6.07, 6.45) is -15.0. The standard InChI is InChI=1S/C54H52O19/c55-22-39-45(62)47(64)49(66)53(72-39)68-23-40-46(63)48(65)50(67)54(73-40)69-35-17-28(16-32(59)18-35)42-43-36(19-34(61)21-38(43)71-51(42)25-5-11-30(57)12-6-25)44-41-27(4-1-24-2-9-29(56)10-3-24)15-33(60)20-37(41)70-52(44)26-7-13-31(58)14-8-26/h1-21,39-40,42,44-67H,22-23H2/b4-1-/t39-,40-,42-,44+,45-,46-,47+,48+,49-,50-,51+,52-,53-,54-/m1/s1. The fraction of sp³-hybridized carbons (Fsp3) is 0.296. The van der Waals surface area contributed by atoms with Crippen molar-refractivity contribution in [3.05, 3.63) is 160 Å². The molecule has 0 saturated carbocycles. The molecule has 0 spiro atoms. The molecule has 6 aromatic carbocycles. The Balaban J connectivity index is 1.05. The van der Waals surface area contributed by atoms with E-state index < -0.39 is 98.7 Å². The van der Waals surface area contributed by atoms with Crippen LogP contribution in [0.3, 0.4) is 0 Å². The monoisotopic (exact) mass is 1000 g/mol. The number of hydrogen-bond donors (Lipinski definition) is 13. The Morgan fingerprint density at radius 3 is 1.59 bits per heavy atom. The maximum Gasteiger partial charge on any atom is 0.229 e. The molecule has 19 nitrogen and oxygen atoms in total. The number of ether oxygens (including phenoxy) is 6. The second-order valence-corrected chi connectivity index (χ2v) is 18.5. The van der Waals surface area contributed by atoms with Crippen molar-refractivity contribution in [2.45, 2.75) is 85.5 Å². The van der Waals surface area contributed by atoms with E-state index in [0.29, 0.717) is 44.7 Å². The quantitative estimate of drug-likeness (QED) is 0.0779. The predicted molar refractivity (Wildman–Crippen MR) is 255 cm³/mol. The van der Waals surface area contributed by atoms with Gasteiger partial charge in [0, 0.05) is 29.3 Å². The van der Waals surface area contributed by atoms with E-state index in [1.807, 2.05) is 0 Å². The van der Waals surface area contributed by atoms with Gasteiger partial charge in [-0.3, -0.25) is 0 Å². The first kappa shape index (κ1) is 49.4. The molecule has 0 radical (unpaired) electrons. The third kappa shape index (κ3) is 9.66. The van der Waals surface area contributed by atoms with Crippen molar-refractivity contribution in [2.75, 3.05) is 13.2 Å². The van der Waals surface area contributed by atoms with Gasteiger partial charge < -0.3 is 94.8 Å². The summed E-state index contributed by atoms with van der Waals surface area (Å²) >= 11 is 0. The highest BCUT2D eigenvalue weighted by molar-refractivity contribution is 5.76. The maximum atomic E-state index is 11.6. The van der Waals surface area contributed by atoms with Crippen LogP contribution in [0.25, 0.3) is 12.2 Å². The van der Waals surface area contributed by atoms with Crippen LogP contribution in [-0.2, 0) is 14.2 Å². The van der Waals surface area contributed by atoms with E-state index in [4.69, 9.17) is 28.4 Å². The minimum atomic E-state index is -1.89. The van der Waals surface area contributed by atoms with E-state index in [9.17, 15) is 66.4 Å². The summed E-state index contributed by atoms with van der Waals surface area (Å²) in [5.41, 5.74) is 4.47. The van der Waals surface area contributed by atoms with Gasteiger partial charge in [0.25, 0.3) is 0 Å². The summed E-state index contributed by atoms with van der Waals surface area (Å²) in [5.74, 6) is -1.72. The van der Waals surface area contributed by atoms with E-state index in [-0.39, 0.29) is 46.0 Å². The molecular formula is C54H52O19. The molecule has 4 aliphatic rings. The van der Waals surface area contributed by atoms with Gasteiger partial charge in [-0.05, 0) is 94.0 Å². The molecule has 4 aliphatic heterocycles. The van der Waals surface area contributed by atoms with E-state index >= 15 is 0 Å². The Bertz CT molecular complexity index is 2960. The van der Waals surface area contributed by atoms with Gasteiger partial charge >= 0.3 is 0 Å². The Kier molecular flexibility index (Phi) is 13.6. The first-order chi connectivity index (χ1) is 35.0. The van der Waals surface area contributed by atoms with Crippen LogP contribution in [0.5, 0.6) is 51.7 Å². The molecule has 0 aliphatic carbocycles. The molecule has 0 amide bonds. The summed E-state index contributed by atoms with van der Waals surface area (Å²) in [7, 11) is 0. The average Bonchev–Trinajstić information content (AvgIpc) is 3.95. The lowest BCUT2D eigenvalue weighted by Crippen LogP contribution is -2.62. The van der Waals surface area contributed by atoms with E-state index in [2.05, 4.69) is 0 Å². The van der Waals surface area contributed by atoms with Gasteiger partial charge in [-0.1, -0.05) is 48.6 Å². The summed E-state index contributed by atoms with van der Waals surface area (Å²) < 4.78 is 36.6. The van der Waals surface area contributed by atoms with Crippen molar-refractivity contribution in [3.63, 3.8) is 0 Å². The van der Waals surface area contributed by atoms with Crippen molar-refractivity contribution >= 4 is 12.2 Å². The molecule has 10 rings (SSSR count). The number of hydrogen-bond acceptors (Lipinski definition) is 19. The van der Waals surface area contributed by atoms with Gasteiger partial charge in [-0.15, -0.1) is 0 Å². The van der Waals surface area contributed by atoms with Crippen LogP contribution in [0.15, 0.2) is 115 Å². The number of aromatic hydroxyl groups is 6. The highest BCUT2D eigenvalue weighted by atomic mass is 16.7. The van der Waals surface area contributed by atoms with E-state index in [0.717, 1.165) is 5.56 Å². The minimum absolute atomic E-state index is 0.00473. The van der Waals surface area contributed by atoms with Crippen LogP contribution in [0.4, 0.5) is 0 Å². The van der Waals surface area contributed by atoms with Crippen molar-refractivity contribution in [1.29, 1.82) is 0 Å². The lowest BCUT2D eigenvalue weighted by atomic mass is 9.75. The van der Waals surface area contributed by atoms with E-state index in [1.165, 1.54) is 48.5 Å². The van der Waals surface area contributed by atoms with Crippen LogP contribution < -0.4 is 14.2 Å². The third-order valence-electron chi connectivity index (χ3n) is 13.6. The average molecular weight is 1000 g/mol. The van der Waals surface area contributed by atoms with Crippen molar-refractivity contribution < 1.29 is 94.8 Å². The lowest BCUT2D eigenvalue weighted by Gasteiger charge is -2.42. The number of phenols is 6. The van der Waals surface area contributed by atoms with E-state index in [1.54, 1.807) is 78.9 Å². The molecular weight excluding hydrogens is 953 g/mol. The Hall–Kier alpha value is -7.14. The minimum Gasteiger partial charge on any atom is -0.508 e. The fourth-order valence-electron chi connectivity index (χ4n) is 10.0. The lowest BCUT2D eigenvalue weighted by molar-refractivity contribution is -0.323. The van der Waals surface area contributed by atoms with Gasteiger partial charge in [0.2, 0.25) is 6.29 Å². The van der Waals surface area contributed by atoms with Crippen LogP contribution in [0.2, 0.25) is 0 Å². The van der Waals surface area contributed by atoms with Gasteiger partial charge in [0.15, 0.2) is 6.29 Å². The third-order valence-corrected chi connectivity index (χ3v) is 13.6. The number of phenolic OH excluding ortho intramolecular Hbond substituents is 6. The van der Waals surface area contributed by atoms with Crippen molar-refractivity contribution in [1.82, 2.24) is 0 Å². The summed E-state index contributed by atoms with van der Waals surface area (Å²) in [6.45, 7) is -1.35. The largest absolute Gasteiger partial charge is 0.508 e. The fourth-order valence-corrected chi connectivity index (χ4v) is 10.0. The molecule has 13 N–H and O–H groups in total. The number of benzene rings is 6. The van der Waals surface area contributed by atoms with Crippen LogP contribution in [0.1, 0.15) is 68.6 Å². The Morgan fingerprint density at radius 2 is 0.973 bits per heavy atom. The highest BCUT2D eigenvalue weighted by Gasteiger charge is 2.49. The maximum absolute atomic E-state index is 11.6. The molecule has 2 fully saturated rings. The highest BCUT2D eigenvalue weighted by Crippen LogP contribution is 2.60. The number of aliphatic hydroxyl groups is 7. The molecule has 0 aromatic heterocycles. The normalized spacial score (nSPS) is 29.6. The smallest absolute Gasteiger partial charge is 0.229 e. The SMILES string of the molecule is OC[C@H]1O[C@@H](OC[C@H]2O[C@@H](Oc3cc(O)cc([C@@H]4c5c(cc(O)cc5[C@H]5c6c(/C=C\c7ccc(O)cc7)cc(O)cc6O[C@@H]5c5ccc(O)cc5)O[C@H]4c4ccc(O)cc4)c3)[C@H](O)[C@@H](O)[C@@H]2O)[C@H](O)[C@@H](O)[C@@H]1O. The molecule has 6 aromatic rings. The summed E-state index contributed by atoms with van der Waals surface area (Å²) in [5, 5.41) is 139. The molecule has 4 heterocycles. The molecule has 73 heavy (non-hydrogen) atoms.